The summed E-state index contributed by atoms with van der Waals surface area (Å²) in [6, 6.07) is 0. The number of Topliss-reactive ketones (excluding diaryl/α,β-unsaturated/α-hetero) is 2. The molecule has 0 unspecified atom stereocenters. The highest BCUT2D eigenvalue weighted by atomic mass is 16.4. The van der Waals surface area contributed by atoms with Crippen LogP contribution in [0.25, 0.3) is 0 Å². The fraction of sp³-hybridized carbons (Fsp3) is 0.882. The Labute approximate surface area is 245 Å². The molecule has 0 aliphatic rings. The minimum Gasteiger partial charge on any atom is -0.476 e. The van der Waals surface area contributed by atoms with Gasteiger partial charge in [0.15, 0.2) is 0 Å². The Balaban J connectivity index is 3.10. The summed E-state index contributed by atoms with van der Waals surface area (Å²) in [7, 11) is 0. The van der Waals surface area contributed by atoms with Crippen molar-refractivity contribution in [1.29, 1.82) is 0 Å². The number of carboxylic acid groups (broad SMARTS) is 2. The van der Waals surface area contributed by atoms with Gasteiger partial charge in [-0.05, 0) is 12.8 Å². The molecule has 0 saturated heterocycles. The molecule has 6 nitrogen and oxygen atoms in total. The normalized spacial score (nSPS) is 11.1. The van der Waals surface area contributed by atoms with Gasteiger partial charge in [-0.25, -0.2) is 9.59 Å². The van der Waals surface area contributed by atoms with Crippen LogP contribution in [0.4, 0.5) is 0 Å². The molecule has 0 aliphatic carbocycles. The van der Waals surface area contributed by atoms with Gasteiger partial charge in [-0.3, -0.25) is 9.59 Å². The van der Waals surface area contributed by atoms with Gasteiger partial charge < -0.3 is 10.2 Å². The molecule has 0 bridgehead atoms. The smallest absolute Gasteiger partial charge is 0.372 e. The Morgan fingerprint density at radius 3 is 0.500 bits per heavy atom. The lowest BCUT2D eigenvalue weighted by molar-refractivity contribution is -0.149. The predicted molar refractivity (Wildman–Crippen MR) is 164 cm³/mol. The molecule has 0 spiro atoms. The number of aliphatic carboxylic acids is 2. The van der Waals surface area contributed by atoms with Crippen molar-refractivity contribution in [2.45, 2.75) is 193 Å². The van der Waals surface area contributed by atoms with Crippen molar-refractivity contribution in [2.24, 2.45) is 0 Å². The average Bonchev–Trinajstić information content (AvgIpc) is 2.93. The van der Waals surface area contributed by atoms with E-state index in [4.69, 9.17) is 10.2 Å². The third-order valence-electron chi connectivity index (χ3n) is 8.03. The van der Waals surface area contributed by atoms with Gasteiger partial charge in [-0.2, -0.15) is 0 Å². The lowest BCUT2D eigenvalue weighted by Gasteiger charge is -2.04. The summed E-state index contributed by atoms with van der Waals surface area (Å²) >= 11 is 0. The molecule has 0 atom stereocenters. The molecule has 0 aromatic rings. The van der Waals surface area contributed by atoms with Crippen LogP contribution in [0.2, 0.25) is 0 Å². The summed E-state index contributed by atoms with van der Waals surface area (Å²) in [5.74, 6) is -3.89. The zero-order valence-corrected chi connectivity index (χ0v) is 25.7. The maximum atomic E-state index is 11.0. The highest BCUT2D eigenvalue weighted by Crippen LogP contribution is 2.16. The molecule has 0 saturated carbocycles. The number of ketones is 2. The number of carboxylic acids is 2. The second kappa shape index (κ2) is 30.2. The molecule has 40 heavy (non-hydrogen) atoms. The average molecular weight is 567 g/mol. The third-order valence-corrected chi connectivity index (χ3v) is 8.03. The van der Waals surface area contributed by atoms with Gasteiger partial charge in [0.05, 0.1) is 0 Å². The Bertz CT molecular complexity index is 576. The zero-order valence-electron chi connectivity index (χ0n) is 25.7. The first kappa shape index (κ1) is 38.3. The van der Waals surface area contributed by atoms with E-state index in [9.17, 15) is 19.2 Å². The molecule has 0 heterocycles. The summed E-state index contributed by atoms with van der Waals surface area (Å²) in [6.45, 7) is 0. The van der Waals surface area contributed by atoms with Crippen LogP contribution < -0.4 is 0 Å². The highest BCUT2D eigenvalue weighted by Gasteiger charge is 2.10. The van der Waals surface area contributed by atoms with Gasteiger partial charge >= 0.3 is 11.9 Å². The van der Waals surface area contributed by atoms with Crippen LogP contribution in [0.5, 0.6) is 0 Å². The van der Waals surface area contributed by atoms with Crippen molar-refractivity contribution >= 4 is 23.5 Å². The number of unbranched alkanes of at least 4 members (excludes halogenated alkanes) is 27. The number of rotatable bonds is 33. The number of hydrogen-bond acceptors (Lipinski definition) is 4. The van der Waals surface area contributed by atoms with Crippen LogP contribution >= 0.6 is 0 Å². The van der Waals surface area contributed by atoms with E-state index in [0.717, 1.165) is 25.7 Å². The van der Waals surface area contributed by atoms with Crippen LogP contribution in [-0.2, 0) is 19.2 Å². The molecule has 0 amide bonds. The largest absolute Gasteiger partial charge is 0.476 e. The molecule has 234 valence electrons. The van der Waals surface area contributed by atoms with Crippen LogP contribution in [-0.4, -0.2) is 33.7 Å². The van der Waals surface area contributed by atoms with Gasteiger partial charge in [0.25, 0.3) is 0 Å². The SMILES string of the molecule is O=C(O)C(=O)CCCCCCCCCCCCCCCCCCCCCCCCCCCCCCC(=O)C(=O)O. The quantitative estimate of drug-likeness (QED) is 0.0604. The van der Waals surface area contributed by atoms with E-state index >= 15 is 0 Å². The van der Waals surface area contributed by atoms with Gasteiger partial charge in [-0.1, -0.05) is 167 Å². The number of carbonyl (C=O) groups is 4. The molecule has 6 heteroatoms. The second-order valence-electron chi connectivity index (χ2n) is 11.9. The van der Waals surface area contributed by atoms with Crippen LogP contribution in [0.3, 0.4) is 0 Å². The zero-order chi connectivity index (χ0) is 29.5. The molecule has 0 radical (unpaired) electrons. The van der Waals surface area contributed by atoms with Crippen molar-refractivity contribution < 1.29 is 29.4 Å². The van der Waals surface area contributed by atoms with E-state index < -0.39 is 23.5 Å². The van der Waals surface area contributed by atoms with Crippen LogP contribution in [0, 0.1) is 0 Å². The fourth-order valence-corrected chi connectivity index (χ4v) is 5.38. The number of carbonyl (C=O) groups excluding carboxylic acids is 2. The van der Waals surface area contributed by atoms with E-state index in [2.05, 4.69) is 0 Å². The lowest BCUT2D eigenvalue weighted by Crippen LogP contribution is -2.11. The molecule has 0 rings (SSSR count). The van der Waals surface area contributed by atoms with Crippen LogP contribution in [0.15, 0.2) is 0 Å². The fourth-order valence-electron chi connectivity index (χ4n) is 5.38. The number of hydrogen-bond donors (Lipinski definition) is 2. The first-order valence-electron chi connectivity index (χ1n) is 17.0. The standard InChI is InChI=1S/C34H62O6/c35-31(33(37)38)29-27-25-23-21-19-17-15-13-11-9-7-5-3-1-2-4-6-8-10-12-14-16-18-20-22-24-26-28-30-32(36)34(39)40/h1-30H2,(H,37,38)(H,39,40). The Morgan fingerprint density at radius 2 is 0.375 bits per heavy atom. The van der Waals surface area contributed by atoms with E-state index in [1.165, 1.54) is 141 Å². The molecule has 0 aromatic heterocycles. The third kappa shape index (κ3) is 29.3. The summed E-state index contributed by atoms with van der Waals surface area (Å²) < 4.78 is 0. The predicted octanol–water partition coefficient (Wildman–Crippen LogP) is 10.00. The van der Waals surface area contributed by atoms with E-state index in [1.54, 1.807) is 0 Å². The Morgan fingerprint density at radius 1 is 0.250 bits per heavy atom. The van der Waals surface area contributed by atoms with Gasteiger partial charge in [0.1, 0.15) is 0 Å². The van der Waals surface area contributed by atoms with Gasteiger partial charge in [-0.15, -0.1) is 0 Å². The molecular weight excluding hydrogens is 504 g/mol. The van der Waals surface area contributed by atoms with Gasteiger partial charge in [0, 0.05) is 12.8 Å². The molecule has 2 N–H and O–H groups in total. The van der Waals surface area contributed by atoms with Crippen molar-refractivity contribution in [3.63, 3.8) is 0 Å². The van der Waals surface area contributed by atoms with E-state index in [1.807, 2.05) is 0 Å². The summed E-state index contributed by atoms with van der Waals surface area (Å²) in [5.41, 5.74) is 0. The Hall–Kier alpha value is -1.72. The first-order valence-corrected chi connectivity index (χ1v) is 17.0. The molecule has 0 fully saturated rings. The van der Waals surface area contributed by atoms with E-state index in [-0.39, 0.29) is 12.8 Å². The highest BCUT2D eigenvalue weighted by molar-refractivity contribution is 6.32. The lowest BCUT2D eigenvalue weighted by atomic mass is 10.0. The maximum absolute atomic E-state index is 11.0. The van der Waals surface area contributed by atoms with E-state index in [0.29, 0.717) is 12.8 Å². The Kier molecular flexibility index (Phi) is 28.9. The van der Waals surface area contributed by atoms with Crippen molar-refractivity contribution in [3.8, 4) is 0 Å². The monoisotopic (exact) mass is 566 g/mol. The van der Waals surface area contributed by atoms with Crippen molar-refractivity contribution in [1.82, 2.24) is 0 Å². The topological polar surface area (TPSA) is 109 Å². The van der Waals surface area contributed by atoms with Gasteiger partial charge in [0.2, 0.25) is 11.6 Å². The minimum absolute atomic E-state index is 0.189. The molecular formula is C34H62O6. The summed E-state index contributed by atoms with van der Waals surface area (Å²) in [4.78, 5) is 42.9. The van der Waals surface area contributed by atoms with Crippen molar-refractivity contribution in [2.75, 3.05) is 0 Å². The molecule has 0 aromatic carbocycles. The van der Waals surface area contributed by atoms with Crippen LogP contribution in [0.1, 0.15) is 193 Å². The molecule has 0 aliphatic heterocycles. The second-order valence-corrected chi connectivity index (χ2v) is 11.9. The maximum Gasteiger partial charge on any atom is 0.372 e. The first-order chi connectivity index (χ1) is 19.4. The summed E-state index contributed by atoms with van der Waals surface area (Å²) in [6.07, 6.45) is 35.6. The summed E-state index contributed by atoms with van der Waals surface area (Å²) in [5, 5.41) is 17.1. The van der Waals surface area contributed by atoms with Crippen molar-refractivity contribution in [3.05, 3.63) is 0 Å². The minimum atomic E-state index is -1.29.